The Labute approximate surface area is 118 Å². The minimum Gasteiger partial charge on any atom is -0.354 e. The highest BCUT2D eigenvalue weighted by Crippen LogP contribution is 2.08. The van der Waals surface area contributed by atoms with Gasteiger partial charge in [0.25, 0.3) is 5.91 Å². The van der Waals surface area contributed by atoms with Gasteiger partial charge in [-0.3, -0.25) is 9.59 Å². The molecule has 1 atom stereocenters. The highest BCUT2D eigenvalue weighted by Gasteiger charge is 2.09. The first-order valence-electron chi connectivity index (χ1n) is 6.77. The van der Waals surface area contributed by atoms with Crippen LogP contribution in [0.15, 0.2) is 18.2 Å². The van der Waals surface area contributed by atoms with Gasteiger partial charge in [-0.05, 0) is 44.0 Å². The molecule has 1 aromatic carbocycles. The summed E-state index contributed by atoms with van der Waals surface area (Å²) in [6.45, 7) is 5.78. The highest BCUT2D eigenvalue weighted by atomic mass is 19.1. The summed E-state index contributed by atoms with van der Waals surface area (Å²) in [7, 11) is 0. The Hall–Kier alpha value is -1.91. The lowest BCUT2D eigenvalue weighted by Crippen LogP contribution is -2.35. The van der Waals surface area contributed by atoms with E-state index in [1.165, 1.54) is 18.2 Å². The van der Waals surface area contributed by atoms with Gasteiger partial charge in [-0.25, -0.2) is 4.39 Å². The molecule has 110 valence electrons. The first-order valence-corrected chi connectivity index (χ1v) is 6.77. The SMILES string of the molecule is CCC(C)NC(=O)CCNC(=O)c1ccc(F)c(C)c1. The number of aryl methyl sites for hydroxylation is 1. The zero-order chi connectivity index (χ0) is 15.1. The van der Waals surface area contributed by atoms with E-state index in [1.807, 2.05) is 13.8 Å². The molecule has 1 rings (SSSR count). The van der Waals surface area contributed by atoms with Crippen molar-refractivity contribution in [1.29, 1.82) is 0 Å². The fourth-order valence-corrected chi connectivity index (χ4v) is 1.63. The predicted molar refractivity (Wildman–Crippen MR) is 76.0 cm³/mol. The summed E-state index contributed by atoms with van der Waals surface area (Å²) in [5, 5.41) is 5.47. The van der Waals surface area contributed by atoms with Crippen LogP contribution in [-0.4, -0.2) is 24.4 Å². The molecule has 0 saturated heterocycles. The van der Waals surface area contributed by atoms with Crippen molar-refractivity contribution in [3.63, 3.8) is 0 Å². The molecule has 5 heteroatoms. The van der Waals surface area contributed by atoms with Crippen molar-refractivity contribution < 1.29 is 14.0 Å². The smallest absolute Gasteiger partial charge is 0.251 e. The Balaban J connectivity index is 2.40. The van der Waals surface area contributed by atoms with Crippen LogP contribution in [0.5, 0.6) is 0 Å². The van der Waals surface area contributed by atoms with Crippen LogP contribution in [0.25, 0.3) is 0 Å². The molecule has 0 heterocycles. The van der Waals surface area contributed by atoms with E-state index in [1.54, 1.807) is 6.92 Å². The van der Waals surface area contributed by atoms with Crippen molar-refractivity contribution in [3.8, 4) is 0 Å². The van der Waals surface area contributed by atoms with Crippen molar-refractivity contribution >= 4 is 11.8 Å². The normalized spacial score (nSPS) is 11.8. The number of nitrogens with one attached hydrogen (secondary N) is 2. The second-order valence-corrected chi connectivity index (χ2v) is 4.85. The molecular formula is C15H21FN2O2. The summed E-state index contributed by atoms with van der Waals surface area (Å²) < 4.78 is 13.1. The number of rotatable bonds is 6. The van der Waals surface area contributed by atoms with Crippen LogP contribution in [0, 0.1) is 12.7 Å². The topological polar surface area (TPSA) is 58.2 Å². The minimum absolute atomic E-state index is 0.0880. The predicted octanol–water partition coefficient (Wildman–Crippen LogP) is 2.17. The van der Waals surface area contributed by atoms with E-state index < -0.39 is 0 Å². The molecule has 0 radical (unpaired) electrons. The van der Waals surface area contributed by atoms with Crippen LogP contribution in [0.2, 0.25) is 0 Å². The number of halogens is 1. The Kier molecular flexibility index (Phi) is 6.15. The molecule has 4 nitrogen and oxygen atoms in total. The molecule has 0 aromatic heterocycles. The molecule has 1 unspecified atom stereocenters. The fourth-order valence-electron chi connectivity index (χ4n) is 1.63. The molecule has 1 aromatic rings. The van der Waals surface area contributed by atoms with Crippen LogP contribution in [0.1, 0.15) is 42.6 Å². The minimum atomic E-state index is -0.338. The lowest BCUT2D eigenvalue weighted by Gasteiger charge is -2.11. The van der Waals surface area contributed by atoms with E-state index in [0.29, 0.717) is 11.1 Å². The molecule has 0 aliphatic carbocycles. The Morgan fingerprint density at radius 3 is 2.65 bits per heavy atom. The third-order valence-electron chi connectivity index (χ3n) is 3.08. The van der Waals surface area contributed by atoms with Crippen LogP contribution < -0.4 is 10.6 Å². The van der Waals surface area contributed by atoms with Crippen molar-refractivity contribution in [3.05, 3.63) is 35.1 Å². The summed E-state index contributed by atoms with van der Waals surface area (Å²) in [6, 6.07) is 4.32. The number of benzene rings is 1. The monoisotopic (exact) mass is 280 g/mol. The summed E-state index contributed by atoms with van der Waals surface area (Å²) in [6.07, 6.45) is 1.10. The van der Waals surface area contributed by atoms with E-state index in [0.717, 1.165) is 6.42 Å². The summed E-state index contributed by atoms with van der Waals surface area (Å²) in [5.74, 6) is -0.728. The van der Waals surface area contributed by atoms with Gasteiger partial charge in [0.05, 0.1) is 0 Å². The second kappa shape index (κ2) is 7.62. The fraction of sp³-hybridized carbons (Fsp3) is 0.467. The molecule has 0 aliphatic heterocycles. The lowest BCUT2D eigenvalue weighted by atomic mass is 10.1. The van der Waals surface area contributed by atoms with Crippen molar-refractivity contribution in [2.45, 2.75) is 39.7 Å². The highest BCUT2D eigenvalue weighted by molar-refractivity contribution is 5.94. The largest absolute Gasteiger partial charge is 0.354 e. The first-order chi connectivity index (χ1) is 9.43. The molecule has 2 N–H and O–H groups in total. The number of carbonyl (C=O) groups excluding carboxylic acids is 2. The van der Waals surface area contributed by atoms with Crippen LogP contribution in [0.4, 0.5) is 4.39 Å². The van der Waals surface area contributed by atoms with Crippen LogP contribution >= 0.6 is 0 Å². The zero-order valence-corrected chi connectivity index (χ0v) is 12.1. The Morgan fingerprint density at radius 1 is 1.35 bits per heavy atom. The number of hydrogen-bond donors (Lipinski definition) is 2. The summed E-state index contributed by atoms with van der Waals surface area (Å²) in [4.78, 5) is 23.3. The zero-order valence-electron chi connectivity index (χ0n) is 12.1. The van der Waals surface area contributed by atoms with Crippen molar-refractivity contribution in [1.82, 2.24) is 10.6 Å². The van der Waals surface area contributed by atoms with E-state index in [2.05, 4.69) is 10.6 Å². The first kappa shape index (κ1) is 16.1. The Bertz CT molecular complexity index is 489. The molecule has 0 saturated carbocycles. The van der Waals surface area contributed by atoms with Gasteiger partial charge in [0.1, 0.15) is 5.82 Å². The third kappa shape index (κ3) is 4.99. The molecule has 0 fully saturated rings. The number of amides is 2. The molecule has 0 spiro atoms. The third-order valence-corrected chi connectivity index (χ3v) is 3.08. The maximum Gasteiger partial charge on any atom is 0.251 e. The van der Waals surface area contributed by atoms with Gasteiger partial charge in [-0.2, -0.15) is 0 Å². The van der Waals surface area contributed by atoms with E-state index in [4.69, 9.17) is 0 Å². The van der Waals surface area contributed by atoms with Gasteiger partial charge in [0.2, 0.25) is 5.91 Å². The maximum absolute atomic E-state index is 13.1. The van der Waals surface area contributed by atoms with E-state index >= 15 is 0 Å². The molecular weight excluding hydrogens is 259 g/mol. The van der Waals surface area contributed by atoms with Gasteiger partial charge >= 0.3 is 0 Å². The van der Waals surface area contributed by atoms with Crippen LogP contribution in [-0.2, 0) is 4.79 Å². The standard InChI is InChI=1S/C15H21FN2O2/c1-4-11(3)18-14(19)7-8-17-15(20)12-5-6-13(16)10(2)9-12/h5-6,9,11H,4,7-8H2,1-3H3,(H,17,20)(H,18,19). The second-order valence-electron chi connectivity index (χ2n) is 4.85. The van der Waals surface area contributed by atoms with Crippen molar-refractivity contribution in [2.24, 2.45) is 0 Å². The van der Waals surface area contributed by atoms with Gasteiger partial charge in [-0.1, -0.05) is 6.92 Å². The lowest BCUT2D eigenvalue weighted by molar-refractivity contribution is -0.121. The number of carbonyl (C=O) groups is 2. The van der Waals surface area contributed by atoms with Gasteiger partial charge in [0, 0.05) is 24.6 Å². The molecule has 0 aliphatic rings. The van der Waals surface area contributed by atoms with Crippen molar-refractivity contribution in [2.75, 3.05) is 6.54 Å². The average molecular weight is 280 g/mol. The molecule has 0 bridgehead atoms. The van der Waals surface area contributed by atoms with E-state index in [-0.39, 0.29) is 36.6 Å². The quantitative estimate of drug-likeness (QED) is 0.839. The Morgan fingerprint density at radius 2 is 2.05 bits per heavy atom. The molecule has 20 heavy (non-hydrogen) atoms. The average Bonchev–Trinajstić information content (AvgIpc) is 2.41. The van der Waals surface area contributed by atoms with Gasteiger partial charge < -0.3 is 10.6 Å². The van der Waals surface area contributed by atoms with Crippen LogP contribution in [0.3, 0.4) is 0 Å². The maximum atomic E-state index is 13.1. The van der Waals surface area contributed by atoms with E-state index in [9.17, 15) is 14.0 Å². The molecule has 2 amide bonds. The summed E-state index contributed by atoms with van der Waals surface area (Å²) in [5.41, 5.74) is 0.818. The van der Waals surface area contributed by atoms with Gasteiger partial charge in [-0.15, -0.1) is 0 Å². The van der Waals surface area contributed by atoms with Gasteiger partial charge in [0.15, 0.2) is 0 Å². The summed E-state index contributed by atoms with van der Waals surface area (Å²) >= 11 is 0. The number of hydrogen-bond acceptors (Lipinski definition) is 2.